The van der Waals surface area contributed by atoms with Crippen LogP contribution in [0.2, 0.25) is 5.02 Å². The third-order valence-corrected chi connectivity index (χ3v) is 2.85. The van der Waals surface area contributed by atoms with Crippen molar-refractivity contribution >= 4 is 29.9 Å². The van der Waals surface area contributed by atoms with Crippen LogP contribution in [0.25, 0.3) is 11.4 Å². The average molecular weight is 331 g/mol. The summed E-state index contributed by atoms with van der Waals surface area (Å²) < 4.78 is 0. The van der Waals surface area contributed by atoms with Crippen molar-refractivity contribution in [1.29, 1.82) is 0 Å². The molecule has 0 fully saturated rings. The van der Waals surface area contributed by atoms with Gasteiger partial charge in [0.2, 0.25) is 11.7 Å². The molecule has 1 aromatic carbocycles. The fourth-order valence-electron chi connectivity index (χ4n) is 1.53. The van der Waals surface area contributed by atoms with Crippen LogP contribution >= 0.6 is 24.0 Å². The molecular formula is C12H16Cl2N6O. The molecule has 7 nitrogen and oxygen atoms in total. The summed E-state index contributed by atoms with van der Waals surface area (Å²) >= 11 is 5.81. The third kappa shape index (κ3) is 4.96. The zero-order valence-corrected chi connectivity index (χ0v) is 12.9. The minimum absolute atomic E-state index is 0. The van der Waals surface area contributed by atoms with Gasteiger partial charge in [0.25, 0.3) is 0 Å². The molecule has 1 amide bonds. The molecule has 0 aliphatic heterocycles. The molecule has 0 radical (unpaired) electrons. The number of nitrogens with two attached hydrogens (primary N) is 1. The van der Waals surface area contributed by atoms with Crippen molar-refractivity contribution < 1.29 is 4.79 Å². The van der Waals surface area contributed by atoms with E-state index in [-0.39, 0.29) is 30.9 Å². The molecule has 0 bridgehead atoms. The van der Waals surface area contributed by atoms with Crippen LogP contribution in [0.15, 0.2) is 24.3 Å². The third-order valence-electron chi connectivity index (χ3n) is 2.60. The summed E-state index contributed by atoms with van der Waals surface area (Å²) in [6.07, 6.45) is 0. The number of aromatic nitrogens is 4. The second-order valence-corrected chi connectivity index (χ2v) is 4.79. The normalized spacial score (nSPS) is 11.6. The quantitative estimate of drug-likeness (QED) is 0.847. The lowest BCUT2D eigenvalue weighted by Crippen LogP contribution is -2.39. The van der Waals surface area contributed by atoms with Gasteiger partial charge in [0.1, 0.15) is 6.54 Å². The molecule has 2 aromatic rings. The fourth-order valence-corrected chi connectivity index (χ4v) is 1.66. The second kappa shape index (κ2) is 7.92. The lowest BCUT2D eigenvalue weighted by molar-refractivity contribution is -0.122. The van der Waals surface area contributed by atoms with Crippen LogP contribution in [0, 0.1) is 0 Å². The van der Waals surface area contributed by atoms with Gasteiger partial charge in [0.05, 0.1) is 0 Å². The topological polar surface area (TPSA) is 98.7 Å². The highest BCUT2D eigenvalue weighted by molar-refractivity contribution is 6.30. The van der Waals surface area contributed by atoms with Crippen molar-refractivity contribution in [3.63, 3.8) is 0 Å². The van der Waals surface area contributed by atoms with Gasteiger partial charge in [0, 0.05) is 23.2 Å². The van der Waals surface area contributed by atoms with E-state index in [0.29, 0.717) is 17.4 Å². The van der Waals surface area contributed by atoms with E-state index in [9.17, 15) is 4.79 Å². The predicted molar refractivity (Wildman–Crippen MR) is 82.2 cm³/mol. The molecule has 0 aliphatic carbocycles. The number of hydrogen-bond acceptors (Lipinski definition) is 5. The molecule has 0 aliphatic rings. The summed E-state index contributed by atoms with van der Waals surface area (Å²) in [6.45, 7) is 2.21. The van der Waals surface area contributed by atoms with Gasteiger partial charge < -0.3 is 11.1 Å². The highest BCUT2D eigenvalue weighted by Gasteiger charge is 2.10. The standard InChI is InChI=1S/C12H15ClN6O.ClH/c1-8(6-14)15-11(20)7-19-17-12(16-18-19)9-2-4-10(13)5-3-9;/h2-5,8H,6-7,14H2,1H3,(H,15,20);1H/t8-;/m0./s1. The Bertz CT molecular complexity index is 586. The Hall–Kier alpha value is -1.70. The van der Waals surface area contributed by atoms with Gasteiger partial charge in [-0.15, -0.1) is 22.6 Å². The van der Waals surface area contributed by atoms with E-state index in [2.05, 4.69) is 20.7 Å². The van der Waals surface area contributed by atoms with Gasteiger partial charge >= 0.3 is 0 Å². The van der Waals surface area contributed by atoms with Crippen LogP contribution in [0.1, 0.15) is 6.92 Å². The van der Waals surface area contributed by atoms with E-state index < -0.39 is 0 Å². The molecule has 0 spiro atoms. The van der Waals surface area contributed by atoms with Gasteiger partial charge in [-0.05, 0) is 36.4 Å². The second-order valence-electron chi connectivity index (χ2n) is 4.35. The van der Waals surface area contributed by atoms with E-state index in [1.807, 2.05) is 6.92 Å². The zero-order valence-electron chi connectivity index (χ0n) is 11.4. The first-order chi connectivity index (χ1) is 9.58. The molecule has 21 heavy (non-hydrogen) atoms. The van der Waals surface area contributed by atoms with E-state index >= 15 is 0 Å². The molecule has 3 N–H and O–H groups in total. The highest BCUT2D eigenvalue weighted by atomic mass is 35.5. The van der Waals surface area contributed by atoms with E-state index in [0.717, 1.165) is 5.56 Å². The number of benzene rings is 1. The molecule has 2 rings (SSSR count). The van der Waals surface area contributed by atoms with Crippen molar-refractivity contribution in [3.05, 3.63) is 29.3 Å². The Kier molecular flexibility index (Phi) is 6.54. The molecule has 1 heterocycles. The van der Waals surface area contributed by atoms with Crippen LogP contribution in [0.4, 0.5) is 0 Å². The molecule has 1 aromatic heterocycles. The maximum atomic E-state index is 11.7. The molecule has 114 valence electrons. The maximum Gasteiger partial charge on any atom is 0.243 e. The monoisotopic (exact) mass is 330 g/mol. The van der Waals surface area contributed by atoms with E-state index in [1.54, 1.807) is 24.3 Å². The molecule has 0 unspecified atom stereocenters. The minimum Gasteiger partial charge on any atom is -0.351 e. The molecule has 1 atom stereocenters. The number of hydrogen-bond donors (Lipinski definition) is 2. The summed E-state index contributed by atoms with van der Waals surface area (Å²) in [4.78, 5) is 12.9. The van der Waals surface area contributed by atoms with E-state index in [4.69, 9.17) is 17.3 Å². The van der Waals surface area contributed by atoms with Crippen molar-refractivity contribution in [2.75, 3.05) is 6.54 Å². The Balaban J connectivity index is 0.00000220. The molecule has 0 saturated carbocycles. The summed E-state index contributed by atoms with van der Waals surface area (Å²) in [5, 5.41) is 15.2. The van der Waals surface area contributed by atoms with Crippen LogP contribution in [-0.2, 0) is 11.3 Å². The van der Waals surface area contributed by atoms with Gasteiger partial charge in [-0.25, -0.2) is 0 Å². The van der Waals surface area contributed by atoms with Gasteiger partial charge in [-0.2, -0.15) is 4.80 Å². The lowest BCUT2D eigenvalue weighted by Gasteiger charge is -2.10. The zero-order chi connectivity index (χ0) is 14.5. The van der Waals surface area contributed by atoms with Gasteiger partial charge in [0.15, 0.2) is 0 Å². The number of halogens is 2. The number of amides is 1. The van der Waals surface area contributed by atoms with Gasteiger partial charge in [-0.1, -0.05) is 11.6 Å². The average Bonchev–Trinajstić information content (AvgIpc) is 2.87. The highest BCUT2D eigenvalue weighted by Crippen LogP contribution is 2.16. The number of nitrogens with one attached hydrogen (secondary N) is 1. The Morgan fingerprint density at radius 3 is 2.71 bits per heavy atom. The predicted octanol–water partition coefficient (Wildman–Crippen LogP) is 0.879. The summed E-state index contributed by atoms with van der Waals surface area (Å²) in [5.74, 6) is 0.240. The number of carbonyl (C=O) groups excluding carboxylic acids is 1. The molecular weight excluding hydrogens is 315 g/mol. The van der Waals surface area contributed by atoms with Gasteiger partial charge in [-0.3, -0.25) is 4.79 Å². The first-order valence-electron chi connectivity index (χ1n) is 6.11. The first kappa shape index (κ1) is 17.4. The van der Waals surface area contributed by atoms with Crippen LogP contribution in [0.3, 0.4) is 0 Å². The van der Waals surface area contributed by atoms with Crippen LogP contribution in [-0.4, -0.2) is 38.7 Å². The number of rotatable bonds is 5. The minimum atomic E-state index is -0.206. The number of carbonyl (C=O) groups is 1. The van der Waals surface area contributed by atoms with Crippen molar-refractivity contribution in [1.82, 2.24) is 25.5 Å². The molecule has 9 heteroatoms. The number of tetrazole rings is 1. The Labute approximate surface area is 133 Å². The molecule has 0 saturated heterocycles. The summed E-state index contributed by atoms with van der Waals surface area (Å²) in [6, 6.07) is 6.99. The fraction of sp³-hybridized carbons (Fsp3) is 0.333. The van der Waals surface area contributed by atoms with Crippen molar-refractivity contribution in [2.45, 2.75) is 19.5 Å². The van der Waals surface area contributed by atoms with Crippen molar-refractivity contribution in [2.24, 2.45) is 5.73 Å². The SMILES string of the molecule is C[C@@H](CN)NC(=O)Cn1nnc(-c2ccc(Cl)cc2)n1.Cl. The smallest absolute Gasteiger partial charge is 0.243 e. The van der Waals surface area contributed by atoms with Crippen LogP contribution in [0.5, 0.6) is 0 Å². The first-order valence-corrected chi connectivity index (χ1v) is 6.49. The Morgan fingerprint density at radius 1 is 1.43 bits per heavy atom. The van der Waals surface area contributed by atoms with Crippen LogP contribution < -0.4 is 11.1 Å². The number of nitrogens with zero attached hydrogens (tertiary/aromatic N) is 4. The Morgan fingerprint density at radius 2 is 2.10 bits per heavy atom. The maximum absolute atomic E-state index is 11.7. The van der Waals surface area contributed by atoms with Crippen molar-refractivity contribution in [3.8, 4) is 11.4 Å². The largest absolute Gasteiger partial charge is 0.351 e. The van der Waals surface area contributed by atoms with E-state index in [1.165, 1.54) is 4.80 Å². The summed E-state index contributed by atoms with van der Waals surface area (Å²) in [5.41, 5.74) is 6.22. The summed E-state index contributed by atoms with van der Waals surface area (Å²) in [7, 11) is 0. The lowest BCUT2D eigenvalue weighted by atomic mass is 10.2.